The Morgan fingerprint density at radius 3 is 2.44 bits per heavy atom. The summed E-state index contributed by atoms with van der Waals surface area (Å²) in [7, 11) is 0. The molecule has 1 heteroatoms. The zero-order chi connectivity index (χ0) is 12.0. The van der Waals surface area contributed by atoms with Gasteiger partial charge in [-0.05, 0) is 42.9 Å². The molecular weight excluding hydrogens is 194 g/mol. The summed E-state index contributed by atoms with van der Waals surface area (Å²) in [5, 5.41) is 3.52. The lowest BCUT2D eigenvalue weighted by Gasteiger charge is -2.17. The van der Waals surface area contributed by atoms with Crippen LogP contribution in [0.25, 0.3) is 0 Å². The van der Waals surface area contributed by atoms with Gasteiger partial charge in [0.25, 0.3) is 0 Å². The molecule has 1 aromatic rings. The maximum Gasteiger partial charge on any atom is 0.0208 e. The van der Waals surface area contributed by atoms with Crippen molar-refractivity contribution in [2.24, 2.45) is 5.41 Å². The first kappa shape index (κ1) is 13.2. The summed E-state index contributed by atoms with van der Waals surface area (Å²) >= 11 is 0. The number of rotatable bonds is 5. The Kier molecular flexibility index (Phi) is 5.01. The summed E-state index contributed by atoms with van der Waals surface area (Å²) in [6.07, 6.45) is 2.54. The monoisotopic (exact) mass is 219 g/mol. The zero-order valence-electron chi connectivity index (χ0n) is 11.1. The van der Waals surface area contributed by atoms with Crippen LogP contribution in [0.2, 0.25) is 0 Å². The summed E-state index contributed by atoms with van der Waals surface area (Å²) in [5.41, 5.74) is 3.26. The van der Waals surface area contributed by atoms with E-state index in [1.807, 2.05) is 0 Å². The van der Waals surface area contributed by atoms with Crippen molar-refractivity contribution < 1.29 is 0 Å². The van der Waals surface area contributed by atoms with Crippen molar-refractivity contribution in [3.63, 3.8) is 0 Å². The standard InChI is InChI=1S/C15H25N/c1-13-8-5-6-9-14(13)12-16-11-7-10-15(2,3)4/h5-6,8-9,16H,7,10-12H2,1-4H3. The van der Waals surface area contributed by atoms with Crippen LogP contribution in [0.4, 0.5) is 0 Å². The summed E-state index contributed by atoms with van der Waals surface area (Å²) in [4.78, 5) is 0. The van der Waals surface area contributed by atoms with E-state index >= 15 is 0 Å². The average Bonchev–Trinajstić information content (AvgIpc) is 2.18. The van der Waals surface area contributed by atoms with Crippen molar-refractivity contribution in [2.45, 2.75) is 47.1 Å². The third kappa shape index (κ3) is 5.32. The van der Waals surface area contributed by atoms with Gasteiger partial charge in [0.15, 0.2) is 0 Å². The van der Waals surface area contributed by atoms with Gasteiger partial charge in [-0.3, -0.25) is 0 Å². The van der Waals surface area contributed by atoms with E-state index in [9.17, 15) is 0 Å². The molecule has 0 heterocycles. The van der Waals surface area contributed by atoms with Gasteiger partial charge in [0.2, 0.25) is 0 Å². The highest BCUT2D eigenvalue weighted by molar-refractivity contribution is 5.25. The molecule has 0 saturated heterocycles. The van der Waals surface area contributed by atoms with Crippen LogP contribution >= 0.6 is 0 Å². The molecule has 0 fully saturated rings. The maximum atomic E-state index is 3.52. The molecule has 0 aliphatic heterocycles. The van der Waals surface area contributed by atoms with Crippen LogP contribution in [0, 0.1) is 12.3 Å². The van der Waals surface area contributed by atoms with E-state index in [2.05, 4.69) is 57.3 Å². The molecule has 0 aromatic heterocycles. The molecule has 0 aliphatic rings. The van der Waals surface area contributed by atoms with Crippen LogP contribution in [0.15, 0.2) is 24.3 Å². The normalized spacial score (nSPS) is 11.8. The van der Waals surface area contributed by atoms with Gasteiger partial charge in [0.05, 0.1) is 0 Å². The Morgan fingerprint density at radius 1 is 1.12 bits per heavy atom. The van der Waals surface area contributed by atoms with Crippen LogP contribution in [-0.2, 0) is 6.54 Å². The Labute approximate surface area is 100 Å². The van der Waals surface area contributed by atoms with Crippen molar-refractivity contribution in [3.8, 4) is 0 Å². The van der Waals surface area contributed by atoms with Gasteiger partial charge in [-0.2, -0.15) is 0 Å². The second-order valence-corrected chi connectivity index (χ2v) is 5.77. The molecule has 1 N–H and O–H groups in total. The van der Waals surface area contributed by atoms with Gasteiger partial charge in [0.1, 0.15) is 0 Å². The first-order valence-corrected chi connectivity index (χ1v) is 6.24. The van der Waals surface area contributed by atoms with Crippen molar-refractivity contribution >= 4 is 0 Å². The van der Waals surface area contributed by atoms with E-state index in [1.165, 1.54) is 24.0 Å². The van der Waals surface area contributed by atoms with Crippen molar-refractivity contribution in [1.82, 2.24) is 5.32 Å². The number of aryl methyl sites for hydroxylation is 1. The van der Waals surface area contributed by atoms with Crippen molar-refractivity contribution in [1.29, 1.82) is 0 Å². The van der Waals surface area contributed by atoms with Gasteiger partial charge in [0, 0.05) is 6.54 Å². The minimum Gasteiger partial charge on any atom is -0.313 e. The highest BCUT2D eigenvalue weighted by Gasteiger charge is 2.08. The number of benzene rings is 1. The molecule has 0 aliphatic carbocycles. The van der Waals surface area contributed by atoms with Gasteiger partial charge in [-0.25, -0.2) is 0 Å². The van der Waals surface area contributed by atoms with E-state index in [0.29, 0.717) is 5.41 Å². The predicted molar refractivity (Wildman–Crippen MR) is 71.6 cm³/mol. The first-order valence-electron chi connectivity index (χ1n) is 6.24. The third-order valence-electron chi connectivity index (χ3n) is 2.86. The molecule has 1 nitrogen and oxygen atoms in total. The van der Waals surface area contributed by atoms with Gasteiger partial charge in [-0.15, -0.1) is 0 Å². The number of nitrogens with one attached hydrogen (secondary N) is 1. The Balaban J connectivity index is 2.19. The van der Waals surface area contributed by atoms with Crippen molar-refractivity contribution in [3.05, 3.63) is 35.4 Å². The smallest absolute Gasteiger partial charge is 0.0208 e. The van der Waals surface area contributed by atoms with Crippen LogP contribution < -0.4 is 5.32 Å². The van der Waals surface area contributed by atoms with Crippen LogP contribution in [-0.4, -0.2) is 6.54 Å². The molecular formula is C15H25N. The lowest BCUT2D eigenvalue weighted by Crippen LogP contribution is -2.17. The lowest BCUT2D eigenvalue weighted by atomic mass is 9.91. The minimum absolute atomic E-state index is 0.463. The summed E-state index contributed by atoms with van der Waals surface area (Å²) in [6, 6.07) is 8.58. The van der Waals surface area contributed by atoms with Gasteiger partial charge < -0.3 is 5.32 Å². The molecule has 0 bridgehead atoms. The quantitative estimate of drug-likeness (QED) is 0.740. The lowest BCUT2D eigenvalue weighted by molar-refractivity contribution is 0.361. The van der Waals surface area contributed by atoms with Crippen molar-refractivity contribution in [2.75, 3.05) is 6.54 Å². The van der Waals surface area contributed by atoms with E-state index in [0.717, 1.165) is 13.1 Å². The van der Waals surface area contributed by atoms with Crippen LogP contribution in [0.1, 0.15) is 44.7 Å². The topological polar surface area (TPSA) is 12.0 Å². The van der Waals surface area contributed by atoms with Crippen LogP contribution in [0.3, 0.4) is 0 Å². The summed E-state index contributed by atoms with van der Waals surface area (Å²) in [5.74, 6) is 0. The molecule has 0 atom stereocenters. The molecule has 1 aromatic carbocycles. The number of hydrogen-bond donors (Lipinski definition) is 1. The molecule has 0 radical (unpaired) electrons. The molecule has 16 heavy (non-hydrogen) atoms. The fourth-order valence-electron chi connectivity index (χ4n) is 1.78. The maximum absolute atomic E-state index is 3.52. The Bertz CT molecular complexity index is 309. The summed E-state index contributed by atoms with van der Waals surface area (Å²) in [6.45, 7) is 11.2. The SMILES string of the molecule is Cc1ccccc1CNCCCC(C)(C)C. The summed E-state index contributed by atoms with van der Waals surface area (Å²) < 4.78 is 0. The average molecular weight is 219 g/mol. The molecule has 90 valence electrons. The second kappa shape index (κ2) is 6.05. The van der Waals surface area contributed by atoms with Crippen LogP contribution in [0.5, 0.6) is 0 Å². The fraction of sp³-hybridized carbons (Fsp3) is 0.600. The highest BCUT2D eigenvalue weighted by Crippen LogP contribution is 2.19. The molecule has 0 spiro atoms. The van der Waals surface area contributed by atoms with E-state index in [1.54, 1.807) is 0 Å². The fourth-order valence-corrected chi connectivity index (χ4v) is 1.78. The largest absolute Gasteiger partial charge is 0.313 e. The van der Waals surface area contributed by atoms with E-state index in [4.69, 9.17) is 0 Å². The zero-order valence-corrected chi connectivity index (χ0v) is 11.1. The number of hydrogen-bond acceptors (Lipinski definition) is 1. The third-order valence-corrected chi connectivity index (χ3v) is 2.86. The minimum atomic E-state index is 0.463. The highest BCUT2D eigenvalue weighted by atomic mass is 14.8. The second-order valence-electron chi connectivity index (χ2n) is 5.77. The Hall–Kier alpha value is -0.820. The van der Waals surface area contributed by atoms with Gasteiger partial charge >= 0.3 is 0 Å². The Morgan fingerprint density at radius 2 is 1.81 bits per heavy atom. The molecule has 0 saturated carbocycles. The van der Waals surface area contributed by atoms with Gasteiger partial charge in [-0.1, -0.05) is 45.0 Å². The van der Waals surface area contributed by atoms with E-state index < -0.39 is 0 Å². The first-order chi connectivity index (χ1) is 7.49. The predicted octanol–water partition coefficient (Wildman–Crippen LogP) is 3.91. The van der Waals surface area contributed by atoms with E-state index in [-0.39, 0.29) is 0 Å². The molecule has 0 amide bonds. The molecule has 0 unspecified atom stereocenters. The molecule has 1 rings (SSSR count).